The molecule has 0 radical (unpaired) electrons. The largest absolute Gasteiger partial charge is 0.394 e. The van der Waals surface area contributed by atoms with Gasteiger partial charge in [0.2, 0.25) is 5.91 Å². The molecule has 116 valence electrons. The number of nitrogens with zero attached hydrogens (tertiary/aromatic N) is 1. The molecule has 2 unspecified atom stereocenters. The summed E-state index contributed by atoms with van der Waals surface area (Å²) in [5.41, 5.74) is 0. The van der Waals surface area contributed by atoms with Gasteiger partial charge in [-0.3, -0.25) is 4.79 Å². The van der Waals surface area contributed by atoms with E-state index in [2.05, 4.69) is 0 Å². The van der Waals surface area contributed by atoms with E-state index in [0.29, 0.717) is 19.6 Å². The predicted molar refractivity (Wildman–Crippen MR) is 78.4 cm³/mol. The molecule has 1 N–H and O–H groups in total. The van der Waals surface area contributed by atoms with Crippen LogP contribution < -0.4 is 0 Å². The van der Waals surface area contributed by atoms with Crippen LogP contribution in [0.4, 0.5) is 0 Å². The van der Waals surface area contributed by atoms with E-state index in [0.717, 1.165) is 12.3 Å². The lowest BCUT2D eigenvalue weighted by molar-refractivity contribution is -0.146. The molecule has 0 spiro atoms. The summed E-state index contributed by atoms with van der Waals surface area (Å²) in [5.74, 6) is 1.08. The van der Waals surface area contributed by atoms with Crippen LogP contribution in [0.3, 0.4) is 0 Å². The van der Waals surface area contributed by atoms with Crippen molar-refractivity contribution in [2.24, 2.45) is 5.92 Å². The van der Waals surface area contributed by atoms with Gasteiger partial charge in [-0.25, -0.2) is 0 Å². The zero-order valence-corrected chi connectivity index (χ0v) is 12.7. The van der Waals surface area contributed by atoms with Crippen molar-refractivity contribution in [3.05, 3.63) is 0 Å². The highest BCUT2D eigenvalue weighted by Crippen LogP contribution is 2.28. The molecule has 1 saturated heterocycles. The number of amides is 1. The number of aliphatic hydroxyl groups excluding tert-OH is 1. The minimum atomic E-state index is -0.200. The van der Waals surface area contributed by atoms with Gasteiger partial charge >= 0.3 is 0 Å². The standard InChI is InChI=1S/C16H29NO3/c1-13-12-20-15(11-18)10-17(13)16(19)9-5-8-14-6-3-2-4-7-14/h13-15,18H,2-12H2,1H3. The molecule has 2 fully saturated rings. The molecule has 2 aliphatic rings. The summed E-state index contributed by atoms with van der Waals surface area (Å²) in [6.07, 6.45) is 9.51. The number of carbonyl (C=O) groups is 1. The Balaban J connectivity index is 1.70. The Morgan fingerprint density at radius 3 is 2.75 bits per heavy atom. The van der Waals surface area contributed by atoms with Gasteiger partial charge in [0, 0.05) is 13.0 Å². The maximum atomic E-state index is 12.3. The van der Waals surface area contributed by atoms with E-state index >= 15 is 0 Å². The Kier molecular flexibility index (Phi) is 6.30. The van der Waals surface area contributed by atoms with Gasteiger partial charge in [0.1, 0.15) is 0 Å². The van der Waals surface area contributed by atoms with Crippen LogP contribution in [0.1, 0.15) is 58.3 Å². The summed E-state index contributed by atoms with van der Waals surface area (Å²) >= 11 is 0. The minimum absolute atomic E-state index is 0.00141. The van der Waals surface area contributed by atoms with Gasteiger partial charge in [-0.1, -0.05) is 32.1 Å². The number of aliphatic hydroxyl groups is 1. The van der Waals surface area contributed by atoms with E-state index in [-0.39, 0.29) is 24.7 Å². The van der Waals surface area contributed by atoms with Crippen LogP contribution in [0, 0.1) is 5.92 Å². The molecule has 1 heterocycles. The first-order valence-electron chi connectivity index (χ1n) is 8.22. The van der Waals surface area contributed by atoms with Gasteiger partial charge in [0.15, 0.2) is 0 Å². The molecule has 4 heteroatoms. The lowest BCUT2D eigenvalue weighted by Crippen LogP contribution is -2.52. The lowest BCUT2D eigenvalue weighted by atomic mass is 9.86. The third-order valence-electron chi connectivity index (χ3n) is 4.76. The van der Waals surface area contributed by atoms with Crippen LogP contribution in [-0.4, -0.2) is 47.8 Å². The van der Waals surface area contributed by atoms with Crippen LogP contribution in [0.15, 0.2) is 0 Å². The Labute approximate surface area is 122 Å². The molecule has 2 atom stereocenters. The topological polar surface area (TPSA) is 49.8 Å². The molecule has 1 aliphatic carbocycles. The third-order valence-corrected chi connectivity index (χ3v) is 4.76. The summed E-state index contributed by atoms with van der Waals surface area (Å²) in [4.78, 5) is 14.2. The number of hydrogen-bond donors (Lipinski definition) is 1. The molecule has 0 aromatic carbocycles. The van der Waals surface area contributed by atoms with E-state index in [4.69, 9.17) is 9.84 Å². The maximum Gasteiger partial charge on any atom is 0.222 e. The molecule has 0 aromatic rings. The molecule has 0 aromatic heterocycles. The van der Waals surface area contributed by atoms with E-state index in [9.17, 15) is 4.79 Å². The smallest absolute Gasteiger partial charge is 0.222 e. The highest BCUT2D eigenvalue weighted by atomic mass is 16.5. The third kappa shape index (κ3) is 4.45. The van der Waals surface area contributed by atoms with Crippen molar-refractivity contribution in [2.45, 2.75) is 70.4 Å². The molecule has 2 rings (SSSR count). The number of hydrogen-bond acceptors (Lipinski definition) is 3. The zero-order valence-electron chi connectivity index (χ0n) is 12.7. The SMILES string of the molecule is CC1COC(CO)CN1C(=O)CCCC1CCCCC1. The van der Waals surface area contributed by atoms with Crippen molar-refractivity contribution in [1.29, 1.82) is 0 Å². The predicted octanol–water partition coefficient (Wildman–Crippen LogP) is 2.35. The average Bonchev–Trinajstić information content (AvgIpc) is 2.48. The second-order valence-corrected chi connectivity index (χ2v) is 6.43. The molecule has 1 amide bonds. The second-order valence-electron chi connectivity index (χ2n) is 6.43. The van der Waals surface area contributed by atoms with Crippen LogP contribution in [0.25, 0.3) is 0 Å². The molecular formula is C16H29NO3. The molecular weight excluding hydrogens is 254 g/mol. The highest BCUT2D eigenvalue weighted by molar-refractivity contribution is 5.76. The normalized spacial score (nSPS) is 28.6. The van der Waals surface area contributed by atoms with E-state index in [1.807, 2.05) is 11.8 Å². The second kappa shape index (κ2) is 7.99. The first-order chi connectivity index (χ1) is 9.70. The van der Waals surface area contributed by atoms with E-state index in [1.165, 1.54) is 38.5 Å². The Hall–Kier alpha value is -0.610. The summed E-state index contributed by atoms with van der Waals surface area (Å²) in [7, 11) is 0. The van der Waals surface area contributed by atoms with Crippen LogP contribution >= 0.6 is 0 Å². The Morgan fingerprint density at radius 2 is 2.05 bits per heavy atom. The first-order valence-corrected chi connectivity index (χ1v) is 8.22. The molecule has 20 heavy (non-hydrogen) atoms. The van der Waals surface area contributed by atoms with Gasteiger partial charge in [0.05, 0.1) is 25.4 Å². The molecule has 1 aliphatic heterocycles. The van der Waals surface area contributed by atoms with Crippen LogP contribution in [-0.2, 0) is 9.53 Å². The monoisotopic (exact) mass is 283 g/mol. The van der Waals surface area contributed by atoms with E-state index < -0.39 is 0 Å². The molecule has 4 nitrogen and oxygen atoms in total. The average molecular weight is 283 g/mol. The van der Waals surface area contributed by atoms with Crippen LogP contribution in [0.5, 0.6) is 0 Å². The number of ether oxygens (including phenoxy) is 1. The van der Waals surface area contributed by atoms with Gasteiger partial charge in [-0.15, -0.1) is 0 Å². The van der Waals surface area contributed by atoms with Gasteiger partial charge in [-0.2, -0.15) is 0 Å². The molecule has 1 saturated carbocycles. The fourth-order valence-electron chi connectivity index (χ4n) is 3.44. The van der Waals surface area contributed by atoms with Crippen LogP contribution in [0.2, 0.25) is 0 Å². The maximum absolute atomic E-state index is 12.3. The summed E-state index contributed by atoms with van der Waals surface area (Å²) in [5, 5.41) is 9.16. The van der Waals surface area contributed by atoms with Crippen molar-refractivity contribution in [2.75, 3.05) is 19.8 Å². The number of rotatable bonds is 5. The summed E-state index contributed by atoms with van der Waals surface area (Å²) < 4.78 is 5.48. The quantitative estimate of drug-likeness (QED) is 0.842. The van der Waals surface area contributed by atoms with Crippen molar-refractivity contribution < 1.29 is 14.6 Å². The summed E-state index contributed by atoms with van der Waals surface area (Å²) in [6.45, 7) is 3.10. The summed E-state index contributed by atoms with van der Waals surface area (Å²) in [6, 6.07) is 0.139. The number of morpholine rings is 1. The van der Waals surface area contributed by atoms with E-state index in [1.54, 1.807) is 0 Å². The Bertz CT molecular complexity index is 302. The van der Waals surface area contributed by atoms with Crippen molar-refractivity contribution in [3.63, 3.8) is 0 Å². The van der Waals surface area contributed by atoms with Crippen molar-refractivity contribution in [1.82, 2.24) is 4.90 Å². The highest BCUT2D eigenvalue weighted by Gasteiger charge is 2.28. The van der Waals surface area contributed by atoms with Crippen molar-refractivity contribution >= 4 is 5.91 Å². The fraction of sp³-hybridized carbons (Fsp3) is 0.938. The van der Waals surface area contributed by atoms with Gasteiger partial charge in [-0.05, 0) is 25.7 Å². The van der Waals surface area contributed by atoms with Gasteiger partial charge in [0.25, 0.3) is 0 Å². The van der Waals surface area contributed by atoms with Crippen molar-refractivity contribution in [3.8, 4) is 0 Å². The Morgan fingerprint density at radius 1 is 1.30 bits per heavy atom. The fourth-order valence-corrected chi connectivity index (χ4v) is 3.44. The lowest BCUT2D eigenvalue weighted by Gasteiger charge is -2.37. The minimum Gasteiger partial charge on any atom is -0.394 e. The zero-order chi connectivity index (χ0) is 14.4. The first kappa shape index (κ1) is 15.8. The molecule has 0 bridgehead atoms. The van der Waals surface area contributed by atoms with Gasteiger partial charge < -0.3 is 14.7 Å². The number of carbonyl (C=O) groups excluding carboxylic acids is 1.